The minimum Gasteiger partial charge on any atom is -0.305 e. The summed E-state index contributed by atoms with van der Waals surface area (Å²) < 4.78 is 18.9. The average molecular weight is 496 g/mol. The maximum atomic E-state index is 13.2. The summed E-state index contributed by atoms with van der Waals surface area (Å²) in [6.07, 6.45) is 3.88. The maximum Gasteiger partial charge on any atom is 0.259 e. The van der Waals surface area contributed by atoms with Gasteiger partial charge in [-0.3, -0.25) is 9.48 Å². The Labute approximate surface area is 209 Å². The minimum absolute atomic E-state index is 0.0568. The molecule has 3 rings (SSSR count). The van der Waals surface area contributed by atoms with Crippen LogP contribution in [0, 0.1) is 0 Å². The van der Waals surface area contributed by atoms with Crippen LogP contribution in [-0.2, 0) is 34.7 Å². The molecule has 188 valence electrons. The second-order valence-electron chi connectivity index (χ2n) is 9.96. The first-order chi connectivity index (χ1) is 16.4. The van der Waals surface area contributed by atoms with Gasteiger partial charge in [0.05, 0.1) is 17.5 Å². The molecule has 0 aliphatic carbocycles. The SMILES string of the molecule is CC(C)c1cc(-c2cnn(C)c2)cc(C(C)C)c1CC(=O)N=S(N)(=O)c1ccc(CN(C)C)cc1. The minimum atomic E-state index is -3.34. The van der Waals surface area contributed by atoms with Crippen molar-refractivity contribution < 1.29 is 9.00 Å². The first-order valence-electron chi connectivity index (χ1n) is 11.8. The number of aryl methyl sites for hydroxylation is 1. The molecule has 0 aliphatic heterocycles. The van der Waals surface area contributed by atoms with Gasteiger partial charge in [-0.05, 0) is 65.9 Å². The van der Waals surface area contributed by atoms with E-state index in [1.54, 1.807) is 16.8 Å². The molecule has 35 heavy (non-hydrogen) atoms. The van der Waals surface area contributed by atoms with Gasteiger partial charge < -0.3 is 4.90 Å². The van der Waals surface area contributed by atoms with E-state index < -0.39 is 15.8 Å². The van der Waals surface area contributed by atoms with Gasteiger partial charge in [0.25, 0.3) is 5.91 Å². The molecule has 0 saturated carbocycles. The molecule has 1 aromatic heterocycles. The van der Waals surface area contributed by atoms with Crippen molar-refractivity contribution in [3.8, 4) is 11.1 Å². The molecule has 1 heterocycles. The van der Waals surface area contributed by atoms with Crippen LogP contribution in [0.15, 0.2) is 58.1 Å². The lowest BCUT2D eigenvalue weighted by Gasteiger charge is -2.21. The molecule has 7 nitrogen and oxygen atoms in total. The molecule has 8 heteroatoms. The molecular weight excluding hydrogens is 458 g/mol. The second-order valence-corrected chi connectivity index (χ2v) is 11.7. The van der Waals surface area contributed by atoms with Gasteiger partial charge in [-0.2, -0.15) is 5.10 Å². The Morgan fingerprint density at radius 1 is 1.06 bits per heavy atom. The smallest absolute Gasteiger partial charge is 0.259 e. The third-order valence-electron chi connectivity index (χ3n) is 5.93. The Morgan fingerprint density at radius 2 is 1.63 bits per heavy atom. The van der Waals surface area contributed by atoms with E-state index in [4.69, 9.17) is 5.14 Å². The molecule has 0 saturated heterocycles. The van der Waals surface area contributed by atoms with Crippen molar-refractivity contribution in [2.75, 3.05) is 14.1 Å². The Hall–Kier alpha value is -2.81. The second kappa shape index (κ2) is 10.8. The van der Waals surface area contributed by atoms with Crippen molar-refractivity contribution in [1.29, 1.82) is 0 Å². The van der Waals surface area contributed by atoms with Crippen LogP contribution in [0.1, 0.15) is 61.8 Å². The van der Waals surface area contributed by atoms with Gasteiger partial charge in [0.2, 0.25) is 0 Å². The average Bonchev–Trinajstić information content (AvgIpc) is 3.19. The van der Waals surface area contributed by atoms with E-state index in [1.165, 1.54) is 0 Å². The lowest BCUT2D eigenvalue weighted by molar-refractivity contribution is -0.117. The van der Waals surface area contributed by atoms with Crippen LogP contribution in [0.5, 0.6) is 0 Å². The molecule has 0 spiro atoms. The van der Waals surface area contributed by atoms with E-state index in [1.807, 2.05) is 50.6 Å². The number of amides is 1. The maximum absolute atomic E-state index is 13.2. The van der Waals surface area contributed by atoms with Gasteiger partial charge >= 0.3 is 0 Å². The predicted octanol–water partition coefficient (Wildman–Crippen LogP) is 4.87. The molecule has 1 amide bonds. The monoisotopic (exact) mass is 495 g/mol. The zero-order valence-electron chi connectivity index (χ0n) is 21.8. The lowest BCUT2D eigenvalue weighted by atomic mass is 9.84. The molecule has 0 aliphatic rings. The number of carbonyl (C=O) groups is 1. The van der Waals surface area contributed by atoms with Gasteiger partial charge in [0.1, 0.15) is 9.92 Å². The Balaban J connectivity index is 1.98. The van der Waals surface area contributed by atoms with Gasteiger partial charge in [-0.15, -0.1) is 4.36 Å². The fourth-order valence-corrected chi connectivity index (χ4v) is 5.23. The first-order valence-corrected chi connectivity index (χ1v) is 13.4. The number of nitrogens with two attached hydrogens (primary N) is 1. The van der Waals surface area contributed by atoms with Crippen molar-refractivity contribution in [2.45, 2.75) is 57.4 Å². The summed E-state index contributed by atoms with van der Waals surface area (Å²) in [5, 5.41) is 10.4. The van der Waals surface area contributed by atoms with Crippen LogP contribution < -0.4 is 5.14 Å². The summed E-state index contributed by atoms with van der Waals surface area (Å²) in [4.78, 5) is 15.5. The van der Waals surface area contributed by atoms with E-state index in [9.17, 15) is 9.00 Å². The van der Waals surface area contributed by atoms with E-state index in [0.717, 1.165) is 39.9 Å². The number of rotatable bonds is 8. The molecule has 0 bridgehead atoms. The molecule has 1 unspecified atom stereocenters. The van der Waals surface area contributed by atoms with Crippen molar-refractivity contribution in [3.05, 3.63) is 71.0 Å². The molecular formula is C27H37N5O2S. The van der Waals surface area contributed by atoms with E-state index in [-0.39, 0.29) is 18.3 Å². The predicted molar refractivity (Wildman–Crippen MR) is 142 cm³/mol. The molecule has 2 N–H and O–H groups in total. The number of nitrogens with zero attached hydrogens (tertiary/aromatic N) is 4. The highest BCUT2D eigenvalue weighted by Gasteiger charge is 2.20. The number of carbonyl (C=O) groups excluding carboxylic acids is 1. The summed E-state index contributed by atoms with van der Waals surface area (Å²) in [5.74, 6) is -0.0930. The highest BCUT2D eigenvalue weighted by atomic mass is 32.2. The van der Waals surface area contributed by atoms with E-state index in [2.05, 4.69) is 49.3 Å². The zero-order chi connectivity index (χ0) is 25.9. The van der Waals surface area contributed by atoms with Crippen LogP contribution >= 0.6 is 0 Å². The third kappa shape index (κ3) is 6.66. The summed E-state index contributed by atoms with van der Waals surface area (Å²) in [7, 11) is 2.52. The quantitative estimate of drug-likeness (QED) is 0.483. The van der Waals surface area contributed by atoms with Crippen LogP contribution in [0.25, 0.3) is 11.1 Å². The fraction of sp³-hybridized carbons (Fsp3) is 0.407. The lowest BCUT2D eigenvalue weighted by Crippen LogP contribution is -2.17. The molecule has 3 aromatic rings. The highest BCUT2D eigenvalue weighted by Crippen LogP contribution is 2.34. The van der Waals surface area contributed by atoms with Gasteiger partial charge in [0.15, 0.2) is 0 Å². The van der Waals surface area contributed by atoms with Crippen molar-refractivity contribution in [2.24, 2.45) is 16.5 Å². The zero-order valence-corrected chi connectivity index (χ0v) is 22.6. The standard InChI is InChI=1S/C27H37N5O2S/c1-18(2)24-12-21(22-15-29-32(7)17-22)13-25(19(3)4)26(24)14-27(33)30-35(28,34)23-10-8-20(9-11-23)16-31(5)6/h8-13,15,17-19H,14,16H2,1-7H3,(H2,28,30,33,34). The van der Waals surface area contributed by atoms with E-state index >= 15 is 0 Å². The van der Waals surface area contributed by atoms with Gasteiger partial charge in [-0.1, -0.05) is 52.0 Å². The number of aromatic nitrogens is 2. The highest BCUT2D eigenvalue weighted by molar-refractivity contribution is 7.91. The Morgan fingerprint density at radius 3 is 2.09 bits per heavy atom. The van der Waals surface area contributed by atoms with Crippen LogP contribution in [0.2, 0.25) is 0 Å². The summed E-state index contributed by atoms with van der Waals surface area (Å²) in [5.41, 5.74) is 6.26. The van der Waals surface area contributed by atoms with Crippen LogP contribution in [-0.4, -0.2) is 38.9 Å². The molecule has 2 aromatic carbocycles. The third-order valence-corrected chi connectivity index (χ3v) is 7.35. The Kier molecular flexibility index (Phi) is 8.30. The Bertz CT molecular complexity index is 1280. The number of hydrogen-bond donors (Lipinski definition) is 1. The summed E-state index contributed by atoms with van der Waals surface area (Å²) >= 11 is 0. The normalized spacial score (nSPS) is 13.5. The fourth-order valence-electron chi connectivity index (χ4n) is 4.23. The van der Waals surface area contributed by atoms with Gasteiger partial charge in [-0.25, -0.2) is 9.35 Å². The van der Waals surface area contributed by atoms with Crippen LogP contribution in [0.3, 0.4) is 0 Å². The van der Waals surface area contributed by atoms with Crippen molar-refractivity contribution in [3.63, 3.8) is 0 Å². The van der Waals surface area contributed by atoms with Crippen LogP contribution in [0.4, 0.5) is 0 Å². The summed E-state index contributed by atoms with van der Waals surface area (Å²) in [6.45, 7) is 9.20. The molecule has 0 radical (unpaired) electrons. The van der Waals surface area contributed by atoms with Gasteiger partial charge in [0, 0.05) is 25.4 Å². The van der Waals surface area contributed by atoms with Crippen molar-refractivity contribution >= 4 is 15.8 Å². The van der Waals surface area contributed by atoms with Crippen molar-refractivity contribution in [1.82, 2.24) is 14.7 Å². The number of hydrogen-bond acceptors (Lipinski definition) is 4. The topological polar surface area (TPSA) is 93.6 Å². The largest absolute Gasteiger partial charge is 0.305 e. The number of benzene rings is 2. The molecule has 1 atom stereocenters. The molecule has 0 fully saturated rings. The summed E-state index contributed by atoms with van der Waals surface area (Å²) in [6, 6.07) is 11.4. The first kappa shape index (κ1) is 26.8. The van der Waals surface area contributed by atoms with E-state index in [0.29, 0.717) is 4.90 Å².